The SMILES string of the molecule is CC(=O)c1cccc(NC(=O)[C@H](c2ccc(Cl)cc2)C(C)C)c1. The van der Waals surface area contributed by atoms with Crippen molar-refractivity contribution in [3.05, 3.63) is 64.7 Å². The van der Waals surface area contributed by atoms with Crippen LogP contribution in [0.5, 0.6) is 0 Å². The quantitative estimate of drug-likeness (QED) is 0.791. The van der Waals surface area contributed by atoms with E-state index in [0.29, 0.717) is 16.3 Å². The molecule has 0 aliphatic rings. The van der Waals surface area contributed by atoms with E-state index >= 15 is 0 Å². The minimum atomic E-state index is -0.284. The van der Waals surface area contributed by atoms with E-state index in [4.69, 9.17) is 11.6 Å². The van der Waals surface area contributed by atoms with Gasteiger partial charge in [-0.25, -0.2) is 0 Å². The fourth-order valence-electron chi connectivity index (χ4n) is 2.55. The van der Waals surface area contributed by atoms with E-state index < -0.39 is 0 Å². The van der Waals surface area contributed by atoms with Crippen LogP contribution in [0.4, 0.5) is 5.69 Å². The molecular weight excluding hydrogens is 310 g/mol. The number of anilines is 1. The normalized spacial score (nSPS) is 12.0. The average molecular weight is 330 g/mol. The maximum absolute atomic E-state index is 12.7. The third-order valence-corrected chi connectivity index (χ3v) is 3.97. The molecule has 0 radical (unpaired) electrons. The second-order valence-electron chi connectivity index (χ2n) is 5.90. The van der Waals surface area contributed by atoms with Gasteiger partial charge in [0.05, 0.1) is 5.92 Å². The molecule has 1 N–H and O–H groups in total. The van der Waals surface area contributed by atoms with Gasteiger partial charge in [0, 0.05) is 16.3 Å². The van der Waals surface area contributed by atoms with Crippen LogP contribution in [-0.2, 0) is 4.79 Å². The third kappa shape index (κ3) is 4.42. The van der Waals surface area contributed by atoms with Gasteiger partial charge < -0.3 is 5.32 Å². The summed E-state index contributed by atoms with van der Waals surface area (Å²) < 4.78 is 0. The number of ketones is 1. The van der Waals surface area contributed by atoms with Crippen LogP contribution in [-0.4, -0.2) is 11.7 Å². The second kappa shape index (κ2) is 7.42. The van der Waals surface area contributed by atoms with Crippen molar-refractivity contribution in [2.45, 2.75) is 26.7 Å². The summed E-state index contributed by atoms with van der Waals surface area (Å²) in [6.07, 6.45) is 0. The summed E-state index contributed by atoms with van der Waals surface area (Å²) in [4.78, 5) is 24.1. The van der Waals surface area contributed by atoms with Gasteiger partial charge in [0.15, 0.2) is 5.78 Å². The first kappa shape index (κ1) is 17.2. The molecule has 23 heavy (non-hydrogen) atoms. The van der Waals surface area contributed by atoms with Gasteiger partial charge in [-0.05, 0) is 42.7 Å². The lowest BCUT2D eigenvalue weighted by atomic mass is 9.87. The number of carbonyl (C=O) groups excluding carboxylic acids is 2. The van der Waals surface area contributed by atoms with Gasteiger partial charge in [-0.15, -0.1) is 0 Å². The lowest BCUT2D eigenvalue weighted by Gasteiger charge is -2.21. The minimum absolute atomic E-state index is 0.0285. The maximum atomic E-state index is 12.7. The Labute approximate surface area is 141 Å². The molecule has 0 saturated heterocycles. The molecule has 0 saturated carbocycles. The maximum Gasteiger partial charge on any atom is 0.232 e. The molecule has 0 bridgehead atoms. The summed E-state index contributed by atoms with van der Waals surface area (Å²) in [7, 11) is 0. The fraction of sp³-hybridized carbons (Fsp3) is 0.263. The molecule has 0 unspecified atom stereocenters. The summed E-state index contributed by atoms with van der Waals surface area (Å²) in [5, 5.41) is 3.55. The van der Waals surface area contributed by atoms with Crippen molar-refractivity contribution in [3.63, 3.8) is 0 Å². The van der Waals surface area contributed by atoms with E-state index in [0.717, 1.165) is 5.56 Å². The van der Waals surface area contributed by atoms with E-state index in [-0.39, 0.29) is 23.5 Å². The number of benzene rings is 2. The van der Waals surface area contributed by atoms with Crippen molar-refractivity contribution in [2.75, 3.05) is 5.32 Å². The van der Waals surface area contributed by atoms with E-state index in [1.54, 1.807) is 36.4 Å². The number of hydrogen-bond donors (Lipinski definition) is 1. The largest absolute Gasteiger partial charge is 0.326 e. The molecule has 0 aliphatic heterocycles. The molecule has 2 aromatic carbocycles. The molecule has 120 valence electrons. The predicted octanol–water partition coefficient (Wildman–Crippen LogP) is 4.92. The van der Waals surface area contributed by atoms with Gasteiger partial charge in [0.1, 0.15) is 0 Å². The van der Waals surface area contributed by atoms with Crippen LogP contribution < -0.4 is 5.32 Å². The van der Waals surface area contributed by atoms with Gasteiger partial charge >= 0.3 is 0 Å². The van der Waals surface area contributed by atoms with Crippen LogP contribution >= 0.6 is 11.6 Å². The first-order chi connectivity index (χ1) is 10.9. The molecular formula is C19H20ClNO2. The molecule has 1 atom stereocenters. The highest BCUT2D eigenvalue weighted by molar-refractivity contribution is 6.30. The van der Waals surface area contributed by atoms with Gasteiger partial charge in [-0.3, -0.25) is 9.59 Å². The summed E-state index contributed by atoms with van der Waals surface area (Å²) in [5.74, 6) is -0.275. The van der Waals surface area contributed by atoms with Crippen LogP contribution in [0.3, 0.4) is 0 Å². The number of rotatable bonds is 5. The predicted molar refractivity (Wildman–Crippen MR) is 94.1 cm³/mol. The topological polar surface area (TPSA) is 46.2 Å². The molecule has 0 aromatic heterocycles. The Morgan fingerprint density at radius 2 is 1.70 bits per heavy atom. The standard InChI is InChI=1S/C19H20ClNO2/c1-12(2)18(14-7-9-16(20)10-8-14)19(23)21-17-6-4-5-15(11-17)13(3)22/h4-12,18H,1-3H3,(H,21,23)/t18-/m0/s1. The Kier molecular flexibility index (Phi) is 5.56. The molecule has 3 nitrogen and oxygen atoms in total. The van der Waals surface area contributed by atoms with Crippen LogP contribution in [0.15, 0.2) is 48.5 Å². The van der Waals surface area contributed by atoms with E-state index in [2.05, 4.69) is 5.32 Å². The first-order valence-electron chi connectivity index (χ1n) is 7.56. The lowest BCUT2D eigenvalue weighted by Crippen LogP contribution is -2.25. The molecule has 0 spiro atoms. The number of halogens is 1. The van der Waals surface area contributed by atoms with Gasteiger partial charge in [-0.1, -0.05) is 49.7 Å². The van der Waals surface area contributed by atoms with Crippen LogP contribution in [0, 0.1) is 5.92 Å². The third-order valence-electron chi connectivity index (χ3n) is 3.71. The summed E-state index contributed by atoms with van der Waals surface area (Å²) in [5.41, 5.74) is 2.13. The monoisotopic (exact) mass is 329 g/mol. The van der Waals surface area contributed by atoms with Gasteiger partial charge in [-0.2, -0.15) is 0 Å². The number of Topliss-reactive ketones (excluding diaryl/α,β-unsaturated/α-hetero) is 1. The molecule has 0 fully saturated rings. The Morgan fingerprint density at radius 1 is 1.04 bits per heavy atom. The Bertz CT molecular complexity index is 708. The van der Waals surface area contributed by atoms with Gasteiger partial charge in [0.2, 0.25) is 5.91 Å². The molecule has 4 heteroatoms. The number of hydrogen-bond acceptors (Lipinski definition) is 2. The van der Waals surface area contributed by atoms with Crippen LogP contribution in [0.1, 0.15) is 42.6 Å². The van der Waals surface area contributed by atoms with E-state index in [9.17, 15) is 9.59 Å². The highest BCUT2D eigenvalue weighted by Crippen LogP contribution is 2.27. The number of amides is 1. The summed E-state index contributed by atoms with van der Waals surface area (Å²) >= 11 is 5.92. The zero-order chi connectivity index (χ0) is 17.0. The minimum Gasteiger partial charge on any atom is -0.326 e. The zero-order valence-electron chi connectivity index (χ0n) is 13.5. The highest BCUT2D eigenvalue weighted by atomic mass is 35.5. The highest BCUT2D eigenvalue weighted by Gasteiger charge is 2.24. The van der Waals surface area contributed by atoms with Crippen molar-refractivity contribution in [1.29, 1.82) is 0 Å². The second-order valence-corrected chi connectivity index (χ2v) is 6.34. The van der Waals surface area contributed by atoms with Crippen molar-refractivity contribution >= 4 is 29.0 Å². The number of nitrogens with one attached hydrogen (secondary N) is 1. The number of carbonyl (C=O) groups is 2. The lowest BCUT2D eigenvalue weighted by molar-refractivity contribution is -0.118. The zero-order valence-corrected chi connectivity index (χ0v) is 14.2. The molecule has 0 aliphatic carbocycles. The van der Waals surface area contributed by atoms with Crippen molar-refractivity contribution in [1.82, 2.24) is 0 Å². The smallest absolute Gasteiger partial charge is 0.232 e. The van der Waals surface area contributed by atoms with Crippen molar-refractivity contribution in [2.24, 2.45) is 5.92 Å². The van der Waals surface area contributed by atoms with Gasteiger partial charge in [0.25, 0.3) is 0 Å². The molecule has 2 aromatic rings. The Hall–Kier alpha value is -2.13. The van der Waals surface area contributed by atoms with Crippen LogP contribution in [0.2, 0.25) is 5.02 Å². The molecule has 1 amide bonds. The molecule has 0 heterocycles. The van der Waals surface area contributed by atoms with Crippen molar-refractivity contribution < 1.29 is 9.59 Å². The Morgan fingerprint density at radius 3 is 2.26 bits per heavy atom. The first-order valence-corrected chi connectivity index (χ1v) is 7.93. The summed E-state index contributed by atoms with van der Waals surface area (Å²) in [6, 6.07) is 14.3. The summed E-state index contributed by atoms with van der Waals surface area (Å²) in [6.45, 7) is 5.52. The van der Waals surface area contributed by atoms with Crippen molar-refractivity contribution in [3.8, 4) is 0 Å². The average Bonchev–Trinajstić information content (AvgIpc) is 2.49. The fourth-order valence-corrected chi connectivity index (χ4v) is 2.67. The molecule has 2 rings (SSSR count). The van der Waals surface area contributed by atoms with E-state index in [1.165, 1.54) is 6.92 Å². The Balaban J connectivity index is 2.23. The van der Waals surface area contributed by atoms with E-state index in [1.807, 2.05) is 26.0 Å². The van der Waals surface area contributed by atoms with Crippen LogP contribution in [0.25, 0.3) is 0 Å².